The molecule has 1 fully saturated rings. The fourth-order valence-electron chi connectivity index (χ4n) is 1.80. The molecule has 0 aromatic rings. The summed E-state index contributed by atoms with van der Waals surface area (Å²) in [5.41, 5.74) is 5.54. The highest BCUT2D eigenvalue weighted by Crippen LogP contribution is 2.40. The van der Waals surface area contributed by atoms with Gasteiger partial charge in [0.05, 0.1) is 12.1 Å². The van der Waals surface area contributed by atoms with Crippen LogP contribution in [0.3, 0.4) is 0 Å². The molecule has 1 saturated carbocycles. The van der Waals surface area contributed by atoms with Crippen LogP contribution >= 0.6 is 11.8 Å². The predicted molar refractivity (Wildman–Crippen MR) is 67.3 cm³/mol. The van der Waals surface area contributed by atoms with Gasteiger partial charge in [0.1, 0.15) is 0 Å². The maximum Gasteiger partial charge on any atom is 0.237 e. The largest absolute Gasteiger partial charge is 0.392 e. The minimum atomic E-state index is -0.430. The molecule has 3 atom stereocenters. The van der Waals surface area contributed by atoms with Crippen molar-refractivity contribution in [3.05, 3.63) is 0 Å². The summed E-state index contributed by atoms with van der Waals surface area (Å²) >= 11 is 1.69. The molecule has 0 radical (unpaired) electrons. The molecule has 2 unspecified atom stereocenters. The van der Waals surface area contributed by atoms with E-state index >= 15 is 0 Å². The lowest BCUT2D eigenvalue weighted by Crippen LogP contribution is -2.63. The van der Waals surface area contributed by atoms with Crippen molar-refractivity contribution in [2.24, 2.45) is 11.1 Å². The number of nitrogens with two attached hydrogens (primary N) is 1. The summed E-state index contributed by atoms with van der Waals surface area (Å²) in [5.74, 6) is 0.796. The van der Waals surface area contributed by atoms with Gasteiger partial charge in [0.2, 0.25) is 5.91 Å². The molecule has 1 aliphatic rings. The molecule has 1 amide bonds. The van der Waals surface area contributed by atoms with Crippen molar-refractivity contribution >= 4 is 17.7 Å². The Morgan fingerprint density at radius 3 is 2.75 bits per heavy atom. The van der Waals surface area contributed by atoms with Crippen LogP contribution in [0.15, 0.2) is 0 Å². The summed E-state index contributed by atoms with van der Waals surface area (Å²) in [5, 5.41) is 12.5. The molecule has 4 nitrogen and oxygen atoms in total. The summed E-state index contributed by atoms with van der Waals surface area (Å²) < 4.78 is 0. The molecule has 0 aromatic carbocycles. The monoisotopic (exact) mass is 246 g/mol. The van der Waals surface area contributed by atoms with E-state index in [2.05, 4.69) is 5.32 Å². The third-order valence-corrected chi connectivity index (χ3v) is 4.15. The second-order valence-corrected chi connectivity index (χ2v) is 6.01. The number of amides is 1. The van der Waals surface area contributed by atoms with Gasteiger partial charge in [-0.15, -0.1) is 0 Å². The fourth-order valence-corrected chi connectivity index (χ4v) is 2.29. The van der Waals surface area contributed by atoms with Crippen molar-refractivity contribution in [1.82, 2.24) is 5.32 Å². The zero-order chi connectivity index (χ0) is 12.3. The maximum absolute atomic E-state index is 11.7. The highest BCUT2D eigenvalue weighted by atomic mass is 32.2. The van der Waals surface area contributed by atoms with Crippen molar-refractivity contribution in [3.63, 3.8) is 0 Å². The molecule has 0 heterocycles. The highest BCUT2D eigenvalue weighted by molar-refractivity contribution is 7.98. The summed E-state index contributed by atoms with van der Waals surface area (Å²) in [7, 11) is 0. The van der Waals surface area contributed by atoms with E-state index in [1.54, 1.807) is 11.8 Å². The predicted octanol–water partition coefficient (Wildman–Crippen LogP) is 0.342. The zero-order valence-electron chi connectivity index (χ0n) is 10.2. The van der Waals surface area contributed by atoms with Crippen molar-refractivity contribution in [2.75, 3.05) is 12.0 Å². The molecule has 5 heteroatoms. The first-order valence-corrected chi connectivity index (χ1v) is 7.02. The molecule has 0 spiro atoms. The Balaban J connectivity index is 2.35. The van der Waals surface area contributed by atoms with Crippen LogP contribution in [-0.2, 0) is 4.79 Å². The fraction of sp³-hybridized carbons (Fsp3) is 0.909. The molecule has 0 aliphatic heterocycles. The van der Waals surface area contributed by atoms with Gasteiger partial charge in [-0.3, -0.25) is 4.79 Å². The number of nitrogens with one attached hydrogen (secondary N) is 1. The van der Waals surface area contributed by atoms with E-state index in [4.69, 9.17) is 5.73 Å². The SMILES string of the molecule is CSCC[C@H](N)C(=O)NC1CC(O)C1(C)C. The van der Waals surface area contributed by atoms with Crippen molar-refractivity contribution in [2.45, 2.75) is 44.9 Å². The zero-order valence-corrected chi connectivity index (χ0v) is 11.0. The lowest BCUT2D eigenvalue weighted by molar-refractivity contribution is -0.130. The second-order valence-electron chi connectivity index (χ2n) is 5.02. The smallest absolute Gasteiger partial charge is 0.237 e. The van der Waals surface area contributed by atoms with Gasteiger partial charge in [0, 0.05) is 11.5 Å². The van der Waals surface area contributed by atoms with Crippen molar-refractivity contribution in [3.8, 4) is 0 Å². The van der Waals surface area contributed by atoms with E-state index in [1.165, 1.54) is 0 Å². The topological polar surface area (TPSA) is 75.4 Å². The van der Waals surface area contributed by atoms with Crippen LogP contribution in [-0.4, -0.2) is 41.2 Å². The Morgan fingerprint density at radius 2 is 2.31 bits per heavy atom. The van der Waals surface area contributed by atoms with Gasteiger partial charge in [-0.05, 0) is 24.9 Å². The van der Waals surface area contributed by atoms with Crippen LogP contribution in [0.2, 0.25) is 0 Å². The molecule has 4 N–H and O–H groups in total. The highest BCUT2D eigenvalue weighted by Gasteiger charge is 2.48. The maximum atomic E-state index is 11.7. The van der Waals surface area contributed by atoms with Crippen LogP contribution in [0.4, 0.5) is 0 Å². The average molecular weight is 246 g/mol. The average Bonchev–Trinajstić information content (AvgIpc) is 2.25. The number of hydrogen-bond acceptors (Lipinski definition) is 4. The molecule has 1 aliphatic carbocycles. The first-order valence-electron chi connectivity index (χ1n) is 5.62. The summed E-state index contributed by atoms with van der Waals surface area (Å²) in [4.78, 5) is 11.7. The minimum Gasteiger partial charge on any atom is -0.392 e. The van der Waals surface area contributed by atoms with Crippen molar-refractivity contribution in [1.29, 1.82) is 0 Å². The van der Waals surface area contributed by atoms with Crippen LogP contribution in [0.5, 0.6) is 0 Å². The molecular formula is C11H22N2O2S. The van der Waals surface area contributed by atoms with Gasteiger partial charge in [-0.25, -0.2) is 0 Å². The lowest BCUT2D eigenvalue weighted by Gasteiger charge is -2.49. The third-order valence-electron chi connectivity index (χ3n) is 3.50. The molecule has 16 heavy (non-hydrogen) atoms. The number of aliphatic hydroxyl groups excluding tert-OH is 1. The number of hydrogen-bond donors (Lipinski definition) is 3. The van der Waals surface area contributed by atoms with Crippen LogP contribution in [0.25, 0.3) is 0 Å². The van der Waals surface area contributed by atoms with Crippen LogP contribution in [0.1, 0.15) is 26.7 Å². The Kier molecular flexibility index (Phi) is 4.64. The molecule has 0 saturated heterocycles. The Bertz CT molecular complexity index is 258. The van der Waals surface area contributed by atoms with E-state index in [-0.39, 0.29) is 23.5 Å². The number of aliphatic hydroxyl groups is 1. The first kappa shape index (κ1) is 13.8. The van der Waals surface area contributed by atoms with Gasteiger partial charge >= 0.3 is 0 Å². The van der Waals surface area contributed by atoms with Crippen LogP contribution < -0.4 is 11.1 Å². The van der Waals surface area contributed by atoms with E-state index in [1.807, 2.05) is 20.1 Å². The van der Waals surface area contributed by atoms with E-state index < -0.39 is 6.04 Å². The Morgan fingerprint density at radius 1 is 1.69 bits per heavy atom. The molecule has 0 bridgehead atoms. The summed E-state index contributed by atoms with van der Waals surface area (Å²) in [6.45, 7) is 3.92. The number of carbonyl (C=O) groups is 1. The second kappa shape index (κ2) is 5.38. The molecular weight excluding hydrogens is 224 g/mol. The van der Waals surface area contributed by atoms with E-state index in [0.717, 1.165) is 5.75 Å². The number of rotatable bonds is 5. The Hall–Kier alpha value is -0.260. The van der Waals surface area contributed by atoms with Gasteiger partial charge < -0.3 is 16.2 Å². The third kappa shape index (κ3) is 2.90. The number of thioether (sulfide) groups is 1. The van der Waals surface area contributed by atoms with E-state index in [0.29, 0.717) is 12.8 Å². The summed E-state index contributed by atoms with van der Waals surface area (Å²) in [6, 6.07) is -0.378. The summed E-state index contributed by atoms with van der Waals surface area (Å²) in [6.07, 6.45) is 3.01. The van der Waals surface area contributed by atoms with Crippen LogP contribution in [0, 0.1) is 5.41 Å². The van der Waals surface area contributed by atoms with Gasteiger partial charge in [-0.2, -0.15) is 11.8 Å². The van der Waals surface area contributed by atoms with E-state index in [9.17, 15) is 9.90 Å². The number of carbonyl (C=O) groups excluding carboxylic acids is 1. The standard InChI is InChI=1S/C11H22N2O2S/c1-11(2)8(6-9(11)14)13-10(15)7(12)4-5-16-3/h7-9,14H,4-6,12H2,1-3H3,(H,13,15)/t7-,8?,9?/m0/s1. The van der Waals surface area contributed by atoms with Gasteiger partial charge in [-0.1, -0.05) is 13.8 Å². The Labute approximate surface area is 101 Å². The quantitative estimate of drug-likeness (QED) is 0.654. The molecule has 94 valence electrons. The minimum absolute atomic E-state index is 0.0512. The molecule has 1 rings (SSSR count). The van der Waals surface area contributed by atoms with Gasteiger partial charge in [0.15, 0.2) is 0 Å². The lowest BCUT2D eigenvalue weighted by atomic mass is 9.64. The van der Waals surface area contributed by atoms with Gasteiger partial charge in [0.25, 0.3) is 0 Å². The molecule has 0 aromatic heterocycles. The van der Waals surface area contributed by atoms with Crippen molar-refractivity contribution < 1.29 is 9.90 Å². The first-order chi connectivity index (χ1) is 7.39. The normalized spacial score (nSPS) is 29.3.